The average molecular weight is 474 g/mol. The van der Waals surface area contributed by atoms with Crippen molar-refractivity contribution in [1.82, 2.24) is 5.10 Å². The van der Waals surface area contributed by atoms with Crippen LogP contribution >= 0.6 is 0 Å². The fourth-order valence-electron chi connectivity index (χ4n) is 3.96. The molecule has 5 rings (SSSR count). The molecule has 1 saturated heterocycles. The van der Waals surface area contributed by atoms with Crippen molar-refractivity contribution in [3.05, 3.63) is 108 Å². The van der Waals surface area contributed by atoms with Gasteiger partial charge in [-0.15, -0.1) is 0 Å². The maximum atomic E-state index is 5.93. The Morgan fingerprint density at radius 1 is 0.794 bits per heavy atom. The quantitative estimate of drug-likeness (QED) is 0.381. The van der Waals surface area contributed by atoms with E-state index in [1.807, 2.05) is 41.1 Å². The molecule has 34 heavy (non-hydrogen) atoms. The number of morpholine rings is 1. The molecule has 0 amide bonds. The molecule has 0 bridgehead atoms. The van der Waals surface area contributed by atoms with Gasteiger partial charge in [-0.3, -0.25) is 0 Å². The van der Waals surface area contributed by atoms with Gasteiger partial charge in [0.25, 0.3) is 0 Å². The number of hydrogen-bond donors (Lipinski definition) is 0. The first-order valence-electron chi connectivity index (χ1n) is 11.4. The van der Waals surface area contributed by atoms with Crippen LogP contribution in [0.25, 0.3) is 11.1 Å². The summed E-state index contributed by atoms with van der Waals surface area (Å²) in [4.78, 5) is 2.30. The van der Waals surface area contributed by atoms with E-state index in [1.54, 1.807) is 0 Å². The molecule has 2 heterocycles. The molecule has 0 spiro atoms. The molecule has 0 unspecified atom stereocenters. The van der Waals surface area contributed by atoms with Crippen molar-refractivity contribution < 1.29 is 26.6 Å². The fraction of sp³-hybridized carbons (Fsp3) is 0.214. The van der Waals surface area contributed by atoms with Crippen molar-refractivity contribution in [3.63, 3.8) is 0 Å². The van der Waals surface area contributed by atoms with E-state index in [9.17, 15) is 0 Å². The van der Waals surface area contributed by atoms with Gasteiger partial charge < -0.3 is 26.8 Å². The molecule has 4 aromatic rings. The molecular weight excluding hydrogens is 446 g/mol. The number of anilines is 1. The van der Waals surface area contributed by atoms with Crippen LogP contribution in [-0.2, 0) is 17.9 Å². The van der Waals surface area contributed by atoms with Crippen molar-refractivity contribution in [2.45, 2.75) is 13.2 Å². The third kappa shape index (κ3) is 6.13. The first-order chi connectivity index (χ1) is 16.3. The minimum Gasteiger partial charge on any atom is -1.00 e. The van der Waals surface area contributed by atoms with Crippen molar-refractivity contribution in [1.29, 1.82) is 0 Å². The summed E-state index contributed by atoms with van der Waals surface area (Å²) in [6.45, 7) is 4.45. The SMILES string of the molecule is [Cl-].c1ccc(COc2ccc(C[n+]3cc(-c4ccccc4)cc(N4CCOCC4)n3)cc2)cc1. The van der Waals surface area contributed by atoms with Crippen LogP contribution in [-0.4, -0.2) is 31.4 Å². The number of aromatic nitrogens is 2. The highest BCUT2D eigenvalue weighted by molar-refractivity contribution is 5.64. The van der Waals surface area contributed by atoms with Gasteiger partial charge in [0.05, 0.1) is 18.8 Å². The fourth-order valence-corrected chi connectivity index (χ4v) is 3.96. The first kappa shape index (κ1) is 23.7. The van der Waals surface area contributed by atoms with Crippen LogP contribution in [0.4, 0.5) is 5.82 Å². The predicted octanol–water partition coefficient (Wildman–Crippen LogP) is 1.50. The van der Waals surface area contributed by atoms with Crippen LogP contribution in [0.15, 0.2) is 97.2 Å². The summed E-state index contributed by atoms with van der Waals surface area (Å²) in [5.41, 5.74) is 4.69. The summed E-state index contributed by atoms with van der Waals surface area (Å²) < 4.78 is 13.5. The zero-order valence-corrected chi connectivity index (χ0v) is 19.8. The highest BCUT2D eigenvalue weighted by Crippen LogP contribution is 2.22. The molecule has 3 aromatic carbocycles. The van der Waals surface area contributed by atoms with Gasteiger partial charge in [-0.25, -0.2) is 0 Å². The zero-order valence-electron chi connectivity index (χ0n) is 19.0. The monoisotopic (exact) mass is 473 g/mol. The Balaban J connectivity index is 0.00000274. The topological polar surface area (TPSA) is 38.5 Å². The van der Waals surface area contributed by atoms with Crippen molar-refractivity contribution in [3.8, 4) is 16.9 Å². The van der Waals surface area contributed by atoms with Gasteiger partial charge in [0.1, 0.15) is 12.4 Å². The largest absolute Gasteiger partial charge is 1.00 e. The number of halogens is 1. The van der Waals surface area contributed by atoms with Crippen LogP contribution < -0.4 is 26.7 Å². The van der Waals surface area contributed by atoms with E-state index in [0.717, 1.165) is 49.0 Å². The summed E-state index contributed by atoms with van der Waals surface area (Å²) in [5, 5.41) is 4.93. The molecule has 0 atom stereocenters. The van der Waals surface area contributed by atoms with Crippen LogP contribution in [0.1, 0.15) is 11.1 Å². The van der Waals surface area contributed by atoms with E-state index in [-0.39, 0.29) is 12.4 Å². The second-order valence-electron chi connectivity index (χ2n) is 8.17. The molecule has 0 saturated carbocycles. The van der Waals surface area contributed by atoms with Crippen LogP contribution in [0.3, 0.4) is 0 Å². The van der Waals surface area contributed by atoms with Gasteiger partial charge in [0.2, 0.25) is 6.20 Å². The number of nitrogens with zero attached hydrogens (tertiary/aromatic N) is 3. The second kappa shape index (κ2) is 11.6. The lowest BCUT2D eigenvalue weighted by Crippen LogP contribution is -3.00. The second-order valence-corrected chi connectivity index (χ2v) is 8.17. The Hall–Kier alpha value is -3.41. The van der Waals surface area contributed by atoms with Crippen LogP contribution in [0.2, 0.25) is 0 Å². The zero-order chi connectivity index (χ0) is 22.3. The van der Waals surface area contributed by atoms with Crippen LogP contribution in [0, 0.1) is 0 Å². The molecule has 1 aliphatic heterocycles. The minimum absolute atomic E-state index is 0. The lowest BCUT2D eigenvalue weighted by Gasteiger charge is -2.26. The summed E-state index contributed by atoms with van der Waals surface area (Å²) >= 11 is 0. The summed E-state index contributed by atoms with van der Waals surface area (Å²) in [5.74, 6) is 1.86. The highest BCUT2D eigenvalue weighted by Gasteiger charge is 2.19. The lowest BCUT2D eigenvalue weighted by molar-refractivity contribution is -0.744. The van der Waals surface area contributed by atoms with Gasteiger partial charge in [-0.1, -0.05) is 65.3 Å². The Morgan fingerprint density at radius 3 is 2.18 bits per heavy atom. The summed E-state index contributed by atoms with van der Waals surface area (Å²) in [7, 11) is 0. The maximum Gasteiger partial charge on any atom is 0.204 e. The summed E-state index contributed by atoms with van der Waals surface area (Å²) in [6.07, 6.45) is 2.12. The molecule has 0 aliphatic carbocycles. The molecule has 0 N–H and O–H groups in total. The average Bonchev–Trinajstić information content (AvgIpc) is 2.90. The summed E-state index contributed by atoms with van der Waals surface area (Å²) in [6, 6.07) is 31.1. The Labute approximate surface area is 207 Å². The van der Waals surface area contributed by atoms with Crippen molar-refractivity contribution in [2.24, 2.45) is 0 Å². The maximum absolute atomic E-state index is 5.93. The molecule has 1 aromatic heterocycles. The van der Waals surface area contributed by atoms with Gasteiger partial charge in [0.15, 0.2) is 12.4 Å². The van der Waals surface area contributed by atoms with E-state index in [0.29, 0.717) is 13.2 Å². The first-order valence-corrected chi connectivity index (χ1v) is 11.4. The van der Waals surface area contributed by atoms with Gasteiger partial charge in [-0.2, -0.15) is 0 Å². The molecule has 174 valence electrons. The van der Waals surface area contributed by atoms with E-state index in [1.165, 1.54) is 11.1 Å². The third-order valence-electron chi connectivity index (χ3n) is 5.76. The molecule has 1 fully saturated rings. The van der Waals surface area contributed by atoms with Gasteiger partial charge >= 0.3 is 0 Å². The lowest BCUT2D eigenvalue weighted by atomic mass is 10.1. The Morgan fingerprint density at radius 2 is 1.47 bits per heavy atom. The Kier molecular flexibility index (Phi) is 8.12. The molecule has 1 aliphatic rings. The molecule has 0 radical (unpaired) electrons. The minimum atomic E-state index is 0. The van der Waals surface area contributed by atoms with E-state index in [2.05, 4.69) is 65.7 Å². The number of ether oxygens (including phenoxy) is 2. The van der Waals surface area contributed by atoms with E-state index < -0.39 is 0 Å². The Bertz CT molecular complexity index is 1170. The van der Waals surface area contributed by atoms with E-state index >= 15 is 0 Å². The smallest absolute Gasteiger partial charge is 0.204 e. The van der Waals surface area contributed by atoms with E-state index in [4.69, 9.17) is 14.6 Å². The highest BCUT2D eigenvalue weighted by atomic mass is 35.5. The predicted molar refractivity (Wildman–Crippen MR) is 129 cm³/mol. The molecular formula is C28H28ClN3O2. The van der Waals surface area contributed by atoms with Gasteiger partial charge in [-0.05, 0) is 35.4 Å². The molecule has 6 heteroatoms. The number of rotatable bonds is 7. The van der Waals surface area contributed by atoms with Gasteiger partial charge in [0, 0.05) is 29.8 Å². The standard InChI is InChI=1S/C28H28N3O2.ClH/c1-3-7-24(8-4-1)22-33-27-13-11-23(12-14-27)20-31-21-26(25-9-5-2-6-10-25)19-28(29-31)30-15-17-32-18-16-30;/h1-14,19,21H,15-18,20,22H2;1H/q+1;/p-1. The third-order valence-corrected chi connectivity index (χ3v) is 5.76. The number of hydrogen-bond acceptors (Lipinski definition) is 4. The normalized spacial score (nSPS) is 13.2. The molecule has 5 nitrogen and oxygen atoms in total. The number of benzene rings is 3. The van der Waals surface area contributed by atoms with Crippen molar-refractivity contribution in [2.75, 3.05) is 31.2 Å². The van der Waals surface area contributed by atoms with Crippen LogP contribution in [0.5, 0.6) is 5.75 Å². The van der Waals surface area contributed by atoms with Crippen molar-refractivity contribution >= 4 is 5.82 Å².